The van der Waals surface area contributed by atoms with Crippen molar-refractivity contribution in [2.45, 2.75) is 23.5 Å². The van der Waals surface area contributed by atoms with E-state index in [1.807, 2.05) is 6.07 Å². The zero-order valence-electron chi connectivity index (χ0n) is 12.6. The van der Waals surface area contributed by atoms with Crippen LogP contribution < -0.4 is 0 Å². The highest BCUT2D eigenvalue weighted by atomic mass is 35.5. The molecular weight excluding hydrogens is 328 g/mol. The summed E-state index contributed by atoms with van der Waals surface area (Å²) in [7, 11) is 0.447. The molecule has 2 rings (SSSR count). The molecule has 1 aliphatic heterocycles. The fraction of sp³-hybridized carbons (Fsp3) is 0.714. The molecule has 0 spiro atoms. The van der Waals surface area contributed by atoms with Crippen molar-refractivity contribution in [3.63, 3.8) is 0 Å². The molecule has 1 aromatic rings. The van der Waals surface area contributed by atoms with Crippen LogP contribution in [0.1, 0.15) is 17.7 Å². The molecule has 21 heavy (non-hydrogen) atoms. The van der Waals surface area contributed by atoms with Crippen LogP contribution in [0.2, 0.25) is 0 Å². The minimum absolute atomic E-state index is 0.429. The van der Waals surface area contributed by atoms with E-state index >= 15 is 0 Å². The van der Waals surface area contributed by atoms with Crippen LogP contribution in [0.4, 0.5) is 0 Å². The molecular formula is C14H23ClN2O2S2. The molecule has 0 aromatic carbocycles. The predicted octanol–water partition coefficient (Wildman–Crippen LogP) is 2.49. The number of rotatable bonds is 6. The summed E-state index contributed by atoms with van der Waals surface area (Å²) in [6, 6.07) is 3.57. The lowest BCUT2D eigenvalue weighted by atomic mass is 9.97. The number of halogens is 1. The molecule has 2 heterocycles. The molecule has 1 saturated heterocycles. The smallest absolute Gasteiger partial charge is 0.252 e. The Morgan fingerprint density at radius 2 is 2.05 bits per heavy atom. The van der Waals surface area contributed by atoms with Crippen LogP contribution in [-0.4, -0.2) is 57.2 Å². The van der Waals surface area contributed by atoms with E-state index in [2.05, 4.69) is 11.9 Å². The van der Waals surface area contributed by atoms with E-state index in [-0.39, 0.29) is 0 Å². The minimum Gasteiger partial charge on any atom is -0.306 e. The number of likely N-dealkylation sites (tertiary alicyclic amines) is 1. The van der Waals surface area contributed by atoms with Gasteiger partial charge in [-0.15, -0.1) is 22.9 Å². The predicted molar refractivity (Wildman–Crippen MR) is 88.8 cm³/mol. The molecule has 0 atom stereocenters. The van der Waals surface area contributed by atoms with Gasteiger partial charge in [0.2, 0.25) is 0 Å². The van der Waals surface area contributed by atoms with Crippen molar-refractivity contribution < 1.29 is 8.42 Å². The summed E-state index contributed by atoms with van der Waals surface area (Å²) in [6.07, 6.45) is 2.86. The van der Waals surface area contributed by atoms with Crippen molar-refractivity contribution in [2.75, 3.05) is 39.6 Å². The normalized spacial score (nSPS) is 18.5. The number of sulfonamides is 1. The highest BCUT2D eigenvalue weighted by molar-refractivity contribution is 7.91. The van der Waals surface area contributed by atoms with Crippen molar-refractivity contribution in [1.82, 2.24) is 9.21 Å². The van der Waals surface area contributed by atoms with E-state index in [0.717, 1.165) is 37.2 Å². The largest absolute Gasteiger partial charge is 0.306 e. The molecule has 0 saturated carbocycles. The number of nitrogens with zero attached hydrogens (tertiary/aromatic N) is 2. The Bertz CT molecular complexity index is 551. The van der Waals surface area contributed by atoms with E-state index in [1.54, 1.807) is 13.1 Å². The van der Waals surface area contributed by atoms with Gasteiger partial charge in [-0.2, -0.15) is 4.31 Å². The summed E-state index contributed by atoms with van der Waals surface area (Å²) in [6.45, 7) is 2.72. The average Bonchev–Trinajstić information content (AvgIpc) is 2.91. The molecule has 120 valence electrons. The first-order valence-corrected chi connectivity index (χ1v) is 10.0. The van der Waals surface area contributed by atoms with Crippen LogP contribution in [0.15, 0.2) is 16.3 Å². The molecule has 0 amide bonds. The highest BCUT2D eigenvalue weighted by Gasteiger charge is 2.26. The summed E-state index contributed by atoms with van der Waals surface area (Å²) in [5.74, 6) is 0.981. The molecule has 0 aliphatic carbocycles. The van der Waals surface area contributed by atoms with Crippen molar-refractivity contribution in [3.8, 4) is 0 Å². The molecule has 0 N–H and O–H groups in total. The fourth-order valence-electron chi connectivity index (χ4n) is 2.58. The van der Waals surface area contributed by atoms with Crippen LogP contribution in [0.5, 0.6) is 0 Å². The van der Waals surface area contributed by atoms with Gasteiger partial charge in [0.25, 0.3) is 10.0 Å². The maximum Gasteiger partial charge on any atom is 0.252 e. The van der Waals surface area contributed by atoms with E-state index in [1.165, 1.54) is 15.6 Å². The first kappa shape index (κ1) is 17.2. The van der Waals surface area contributed by atoms with Gasteiger partial charge in [0.15, 0.2) is 0 Å². The summed E-state index contributed by atoms with van der Waals surface area (Å²) in [4.78, 5) is 3.32. The van der Waals surface area contributed by atoms with Crippen molar-refractivity contribution in [3.05, 3.63) is 17.0 Å². The van der Waals surface area contributed by atoms with Crippen LogP contribution >= 0.6 is 22.9 Å². The summed E-state index contributed by atoms with van der Waals surface area (Å²) in [5, 5.41) is 0. The van der Waals surface area contributed by atoms with Crippen LogP contribution in [0.25, 0.3) is 0 Å². The average molecular weight is 351 g/mol. The standard InChI is InChI=1S/C14H23ClN2O2S2/c1-16-9-6-12(7-10-16)11-17(2)21(18,19)14-4-3-13(20-14)5-8-15/h3-4,12H,5-11H2,1-2H3. The van der Waals surface area contributed by atoms with Crippen LogP contribution in [-0.2, 0) is 16.4 Å². The third-order valence-corrected chi connectivity index (χ3v) is 7.62. The number of hydrogen-bond acceptors (Lipinski definition) is 4. The Morgan fingerprint density at radius 1 is 1.38 bits per heavy atom. The number of hydrogen-bond donors (Lipinski definition) is 0. The Kier molecular flexibility index (Phi) is 6.08. The van der Waals surface area contributed by atoms with Crippen LogP contribution in [0.3, 0.4) is 0 Å². The Morgan fingerprint density at radius 3 is 2.67 bits per heavy atom. The fourth-order valence-corrected chi connectivity index (χ4v) is 5.71. The van der Waals surface area contributed by atoms with Gasteiger partial charge in [0, 0.05) is 24.3 Å². The molecule has 1 aromatic heterocycles. The zero-order valence-corrected chi connectivity index (χ0v) is 15.0. The van der Waals surface area contributed by atoms with Crippen LogP contribution in [0, 0.1) is 5.92 Å². The van der Waals surface area contributed by atoms with Gasteiger partial charge in [0.05, 0.1) is 0 Å². The topological polar surface area (TPSA) is 40.6 Å². The van der Waals surface area contributed by atoms with Crippen molar-refractivity contribution in [1.29, 1.82) is 0 Å². The minimum atomic E-state index is -3.35. The number of alkyl halides is 1. The van der Waals surface area contributed by atoms with E-state index < -0.39 is 10.0 Å². The molecule has 1 fully saturated rings. The SMILES string of the molecule is CN1CCC(CN(C)S(=O)(=O)c2ccc(CCCl)s2)CC1. The van der Waals surface area contributed by atoms with Gasteiger partial charge in [-0.05, 0) is 57.5 Å². The molecule has 0 radical (unpaired) electrons. The highest BCUT2D eigenvalue weighted by Crippen LogP contribution is 2.26. The summed E-state index contributed by atoms with van der Waals surface area (Å²) in [5.41, 5.74) is 0. The summed E-state index contributed by atoms with van der Waals surface area (Å²) >= 11 is 7.04. The van der Waals surface area contributed by atoms with E-state index in [0.29, 0.717) is 22.6 Å². The van der Waals surface area contributed by atoms with Gasteiger partial charge in [-0.25, -0.2) is 8.42 Å². The Hall–Kier alpha value is -0.140. The third kappa shape index (κ3) is 4.42. The monoisotopic (exact) mass is 350 g/mol. The Balaban J connectivity index is 2.00. The lowest BCUT2D eigenvalue weighted by Gasteiger charge is -2.31. The van der Waals surface area contributed by atoms with Gasteiger partial charge < -0.3 is 4.90 Å². The second kappa shape index (κ2) is 7.42. The van der Waals surface area contributed by atoms with Gasteiger partial charge in [-0.3, -0.25) is 0 Å². The second-order valence-corrected chi connectivity index (χ2v) is 9.51. The summed E-state index contributed by atoms with van der Waals surface area (Å²) < 4.78 is 27.1. The lowest BCUT2D eigenvalue weighted by Crippen LogP contribution is -2.37. The van der Waals surface area contributed by atoms with Gasteiger partial charge in [-0.1, -0.05) is 0 Å². The first-order valence-electron chi connectivity index (χ1n) is 7.23. The molecule has 0 bridgehead atoms. The van der Waals surface area contributed by atoms with E-state index in [9.17, 15) is 8.42 Å². The molecule has 0 unspecified atom stereocenters. The van der Waals surface area contributed by atoms with Gasteiger partial charge >= 0.3 is 0 Å². The van der Waals surface area contributed by atoms with Crippen molar-refractivity contribution >= 4 is 33.0 Å². The molecule has 4 nitrogen and oxygen atoms in total. The quantitative estimate of drug-likeness (QED) is 0.740. The van der Waals surface area contributed by atoms with Gasteiger partial charge in [0.1, 0.15) is 4.21 Å². The first-order chi connectivity index (χ1) is 9.93. The maximum absolute atomic E-state index is 12.6. The maximum atomic E-state index is 12.6. The number of piperidine rings is 1. The molecule has 7 heteroatoms. The second-order valence-electron chi connectivity index (χ2n) is 5.69. The number of thiophene rings is 1. The lowest BCUT2D eigenvalue weighted by molar-refractivity contribution is 0.202. The third-order valence-electron chi connectivity index (χ3n) is 4.00. The zero-order chi connectivity index (χ0) is 15.5. The molecule has 1 aliphatic rings. The van der Waals surface area contributed by atoms with Crippen molar-refractivity contribution in [2.24, 2.45) is 5.92 Å². The Labute approximate surface area is 136 Å². The van der Waals surface area contributed by atoms with E-state index in [4.69, 9.17) is 11.6 Å². The number of aryl methyl sites for hydroxylation is 1.